The zero-order chi connectivity index (χ0) is 21.7. The molecule has 0 amide bonds. The van der Waals surface area contributed by atoms with E-state index in [-0.39, 0.29) is 17.2 Å². The molecule has 3 aliphatic rings. The molecule has 1 fully saturated rings. The summed E-state index contributed by atoms with van der Waals surface area (Å²) in [4.78, 5) is 37.1. The molecule has 9 nitrogen and oxygen atoms in total. The van der Waals surface area contributed by atoms with Crippen LogP contribution >= 0.6 is 11.8 Å². The van der Waals surface area contributed by atoms with Crippen molar-refractivity contribution in [3.63, 3.8) is 0 Å². The second-order valence-corrected chi connectivity index (χ2v) is 9.56. The normalized spacial score (nSPS) is 20.6. The number of piperidine rings is 1. The highest BCUT2D eigenvalue weighted by atomic mass is 32.2. The molecule has 3 aromatic rings. The summed E-state index contributed by atoms with van der Waals surface area (Å²) in [7, 11) is 0. The molecule has 6 heterocycles. The first kappa shape index (κ1) is 20.0. The van der Waals surface area contributed by atoms with E-state index in [1.54, 1.807) is 27.0 Å². The SMILES string of the molecule is O=c1ccc2ncc(=O)n3c2n1C[C@H]3CN1CCC(NCc2cc3c(cn2)OCS3)CC1. The number of pyridine rings is 2. The Hall–Kier alpha value is -2.69. The second-order valence-electron chi connectivity index (χ2n) is 8.60. The van der Waals surface area contributed by atoms with Crippen LogP contribution in [0.1, 0.15) is 24.6 Å². The molecule has 0 saturated carbocycles. The van der Waals surface area contributed by atoms with Gasteiger partial charge in [-0.25, -0.2) is 4.98 Å². The largest absolute Gasteiger partial charge is 0.480 e. The summed E-state index contributed by atoms with van der Waals surface area (Å²) in [6.07, 6.45) is 5.27. The minimum atomic E-state index is -0.138. The number of likely N-dealkylation sites (tertiary alicyclic amines) is 1. The van der Waals surface area contributed by atoms with Gasteiger partial charge in [-0.1, -0.05) is 11.8 Å². The van der Waals surface area contributed by atoms with Gasteiger partial charge < -0.3 is 15.0 Å². The van der Waals surface area contributed by atoms with Crippen LogP contribution in [0.4, 0.5) is 0 Å². The average Bonchev–Trinajstić information content (AvgIpc) is 3.43. The summed E-state index contributed by atoms with van der Waals surface area (Å²) in [5.74, 6) is 1.55. The second kappa shape index (κ2) is 8.02. The van der Waals surface area contributed by atoms with Gasteiger partial charge in [0, 0.05) is 31.7 Å². The maximum absolute atomic E-state index is 12.5. The van der Waals surface area contributed by atoms with Crippen molar-refractivity contribution in [3.8, 4) is 5.75 Å². The highest BCUT2D eigenvalue weighted by molar-refractivity contribution is 7.99. The monoisotopic (exact) mass is 452 g/mol. The molecule has 3 aliphatic heterocycles. The first-order valence-corrected chi connectivity index (χ1v) is 12.0. The maximum Gasteiger partial charge on any atom is 0.270 e. The van der Waals surface area contributed by atoms with Crippen molar-refractivity contribution in [2.24, 2.45) is 0 Å². The van der Waals surface area contributed by atoms with E-state index in [1.165, 1.54) is 17.2 Å². The number of rotatable bonds is 5. The summed E-state index contributed by atoms with van der Waals surface area (Å²) in [6, 6.07) is 5.75. The maximum atomic E-state index is 12.5. The summed E-state index contributed by atoms with van der Waals surface area (Å²) >= 11 is 1.71. The Kier molecular flexibility index (Phi) is 5.00. The van der Waals surface area contributed by atoms with Gasteiger partial charge >= 0.3 is 0 Å². The average molecular weight is 453 g/mol. The van der Waals surface area contributed by atoms with Gasteiger partial charge in [-0.05, 0) is 38.1 Å². The zero-order valence-corrected chi connectivity index (χ0v) is 18.4. The molecular weight excluding hydrogens is 428 g/mol. The minimum Gasteiger partial charge on any atom is -0.480 e. The first-order valence-electron chi connectivity index (χ1n) is 11.0. The summed E-state index contributed by atoms with van der Waals surface area (Å²) < 4.78 is 8.95. The van der Waals surface area contributed by atoms with Crippen LogP contribution in [0.3, 0.4) is 0 Å². The summed E-state index contributed by atoms with van der Waals surface area (Å²) in [5.41, 5.74) is 2.17. The van der Waals surface area contributed by atoms with Crippen LogP contribution in [0.15, 0.2) is 45.1 Å². The van der Waals surface area contributed by atoms with E-state index in [0.29, 0.717) is 29.7 Å². The van der Waals surface area contributed by atoms with Crippen LogP contribution < -0.4 is 21.2 Å². The standard InChI is InChI=1S/C22H24N6O3S/c29-20-2-1-17-22-27(20)12-16(28(22)21(30)10-25-17)11-26-5-3-14(4-6-26)23-8-15-7-19-18(9-24-15)31-13-32-19/h1-2,7,9-10,14,16,23H,3-6,8,11-13H2/t16-/m1/s1. The van der Waals surface area contributed by atoms with E-state index in [1.807, 2.05) is 6.20 Å². The molecule has 0 aromatic carbocycles. The van der Waals surface area contributed by atoms with Crippen LogP contribution in [-0.4, -0.2) is 55.6 Å². The smallest absolute Gasteiger partial charge is 0.270 e. The van der Waals surface area contributed by atoms with Crippen LogP contribution in [0.5, 0.6) is 5.75 Å². The van der Waals surface area contributed by atoms with Gasteiger partial charge in [0.2, 0.25) is 0 Å². The first-order chi connectivity index (χ1) is 15.7. The number of hydrogen-bond donors (Lipinski definition) is 1. The van der Waals surface area contributed by atoms with Gasteiger partial charge in [0.1, 0.15) is 17.1 Å². The lowest BCUT2D eigenvalue weighted by Crippen LogP contribution is -2.44. The Morgan fingerprint density at radius 3 is 2.88 bits per heavy atom. The van der Waals surface area contributed by atoms with Crippen molar-refractivity contribution in [1.29, 1.82) is 0 Å². The zero-order valence-electron chi connectivity index (χ0n) is 17.6. The Bertz CT molecular complexity index is 1290. The lowest BCUT2D eigenvalue weighted by Gasteiger charge is -2.34. The van der Waals surface area contributed by atoms with E-state index in [4.69, 9.17) is 4.74 Å². The molecule has 1 saturated heterocycles. The Balaban J connectivity index is 1.07. The van der Waals surface area contributed by atoms with Crippen molar-refractivity contribution >= 4 is 22.9 Å². The lowest BCUT2D eigenvalue weighted by atomic mass is 10.0. The van der Waals surface area contributed by atoms with E-state index in [2.05, 4.69) is 26.3 Å². The molecule has 0 spiro atoms. The molecule has 0 bridgehead atoms. The van der Waals surface area contributed by atoms with Gasteiger partial charge in [0.05, 0.1) is 29.0 Å². The number of fused-ring (bicyclic) bond motifs is 1. The summed E-state index contributed by atoms with van der Waals surface area (Å²) in [6.45, 7) is 3.97. The molecule has 166 valence electrons. The van der Waals surface area contributed by atoms with Crippen molar-refractivity contribution in [1.82, 2.24) is 29.3 Å². The predicted octanol–water partition coefficient (Wildman–Crippen LogP) is 1.20. The molecule has 0 unspecified atom stereocenters. The molecule has 3 aromatic heterocycles. The quantitative estimate of drug-likeness (QED) is 0.617. The Labute approximate surface area is 188 Å². The van der Waals surface area contributed by atoms with Crippen molar-refractivity contribution in [3.05, 3.63) is 57.0 Å². The molecule has 0 aliphatic carbocycles. The molecular formula is C22H24N6O3S. The van der Waals surface area contributed by atoms with E-state index in [0.717, 1.165) is 50.5 Å². The highest BCUT2D eigenvalue weighted by Crippen LogP contribution is 2.35. The molecule has 32 heavy (non-hydrogen) atoms. The fourth-order valence-corrected chi connectivity index (χ4v) is 5.76. The molecule has 0 radical (unpaired) electrons. The van der Waals surface area contributed by atoms with E-state index in [9.17, 15) is 9.59 Å². The minimum absolute atomic E-state index is 0.0389. The van der Waals surface area contributed by atoms with Gasteiger partial charge in [0.25, 0.3) is 11.1 Å². The number of nitrogens with zero attached hydrogens (tertiary/aromatic N) is 5. The number of thioether (sulfide) groups is 1. The van der Waals surface area contributed by atoms with Crippen molar-refractivity contribution in [2.45, 2.75) is 42.9 Å². The Morgan fingerprint density at radius 2 is 2.00 bits per heavy atom. The van der Waals surface area contributed by atoms with Gasteiger partial charge in [0.15, 0.2) is 5.75 Å². The van der Waals surface area contributed by atoms with Crippen LogP contribution in [0.2, 0.25) is 0 Å². The van der Waals surface area contributed by atoms with Crippen molar-refractivity contribution < 1.29 is 4.74 Å². The number of nitrogens with one attached hydrogen (secondary N) is 1. The third-order valence-electron chi connectivity index (χ3n) is 6.62. The number of ether oxygens (including phenoxy) is 1. The fourth-order valence-electron chi connectivity index (χ4n) is 4.97. The van der Waals surface area contributed by atoms with E-state index >= 15 is 0 Å². The van der Waals surface area contributed by atoms with Gasteiger partial charge in [-0.2, -0.15) is 0 Å². The Morgan fingerprint density at radius 1 is 1.12 bits per heavy atom. The molecule has 6 rings (SSSR count). The van der Waals surface area contributed by atoms with E-state index < -0.39 is 0 Å². The lowest BCUT2D eigenvalue weighted by molar-refractivity contribution is 0.171. The highest BCUT2D eigenvalue weighted by Gasteiger charge is 2.29. The topological polar surface area (TPSA) is 94.3 Å². The number of aromatic nitrogens is 4. The molecule has 10 heteroatoms. The number of hydrogen-bond acceptors (Lipinski definition) is 8. The van der Waals surface area contributed by atoms with Crippen LogP contribution in [0.25, 0.3) is 11.2 Å². The van der Waals surface area contributed by atoms with Crippen molar-refractivity contribution in [2.75, 3.05) is 25.6 Å². The van der Waals surface area contributed by atoms with Crippen LogP contribution in [0, 0.1) is 0 Å². The fraction of sp³-hybridized carbons (Fsp3) is 0.455. The molecule has 1 N–H and O–H groups in total. The predicted molar refractivity (Wildman–Crippen MR) is 121 cm³/mol. The molecule has 1 atom stereocenters. The third kappa shape index (κ3) is 3.52. The van der Waals surface area contributed by atoms with Gasteiger partial charge in [-0.3, -0.25) is 23.7 Å². The third-order valence-corrected chi connectivity index (χ3v) is 7.48. The van der Waals surface area contributed by atoms with Crippen LogP contribution in [-0.2, 0) is 13.1 Å². The van der Waals surface area contributed by atoms with Gasteiger partial charge in [-0.15, -0.1) is 0 Å². The summed E-state index contributed by atoms with van der Waals surface area (Å²) in [5, 5.41) is 3.64.